The summed E-state index contributed by atoms with van der Waals surface area (Å²) in [6.07, 6.45) is 0. The molecular weight excluding hydrogens is 420 g/mol. The molecule has 0 aliphatic rings. The van der Waals surface area contributed by atoms with Crippen LogP contribution in [-0.4, -0.2) is 48.4 Å². The van der Waals surface area contributed by atoms with E-state index in [2.05, 4.69) is 19.1 Å². The molecule has 6 heteroatoms. The van der Waals surface area contributed by atoms with Crippen molar-refractivity contribution in [1.29, 1.82) is 0 Å². The fourth-order valence-electron chi connectivity index (χ4n) is 3.49. The number of ether oxygens (including phenoxy) is 1. The Kier molecular flexibility index (Phi) is 8.59. The lowest BCUT2D eigenvalue weighted by molar-refractivity contribution is -0.133. The Morgan fingerprint density at radius 2 is 1.59 bits per heavy atom. The Hall–Kier alpha value is -2.96. The third-order valence-corrected chi connectivity index (χ3v) is 6.25. The van der Waals surface area contributed by atoms with Gasteiger partial charge >= 0.3 is 0 Å². The van der Waals surface area contributed by atoms with Gasteiger partial charge in [0.15, 0.2) is 0 Å². The number of aryl methyl sites for hydroxylation is 2. The molecule has 0 unspecified atom stereocenters. The third kappa shape index (κ3) is 6.52. The van der Waals surface area contributed by atoms with Gasteiger partial charge in [0.1, 0.15) is 6.54 Å². The van der Waals surface area contributed by atoms with E-state index in [1.54, 1.807) is 29.4 Å². The van der Waals surface area contributed by atoms with Gasteiger partial charge in [-0.1, -0.05) is 48.5 Å². The first-order chi connectivity index (χ1) is 15.5. The van der Waals surface area contributed by atoms with Crippen LogP contribution < -0.4 is 0 Å². The van der Waals surface area contributed by atoms with Crippen LogP contribution >= 0.6 is 11.3 Å². The van der Waals surface area contributed by atoms with Crippen molar-refractivity contribution in [2.24, 2.45) is 0 Å². The van der Waals surface area contributed by atoms with Crippen LogP contribution in [0.5, 0.6) is 0 Å². The topological polar surface area (TPSA) is 49.9 Å². The second-order valence-electron chi connectivity index (χ2n) is 7.78. The quantitative estimate of drug-likeness (QED) is 0.451. The lowest BCUT2D eigenvalue weighted by Gasteiger charge is -2.28. The van der Waals surface area contributed by atoms with Gasteiger partial charge in [-0.15, -0.1) is 11.3 Å². The first-order valence-corrected chi connectivity index (χ1v) is 11.5. The molecule has 0 saturated heterocycles. The molecule has 0 aliphatic heterocycles. The highest BCUT2D eigenvalue weighted by atomic mass is 32.1. The number of thiophene rings is 1. The molecule has 1 heterocycles. The summed E-state index contributed by atoms with van der Waals surface area (Å²) in [6, 6.07) is 21.5. The van der Waals surface area contributed by atoms with Crippen LogP contribution in [0.15, 0.2) is 66.7 Å². The van der Waals surface area contributed by atoms with Gasteiger partial charge < -0.3 is 14.5 Å². The lowest BCUT2D eigenvalue weighted by Crippen LogP contribution is -2.43. The Morgan fingerprint density at radius 3 is 2.25 bits per heavy atom. The van der Waals surface area contributed by atoms with Crippen molar-refractivity contribution in [2.75, 3.05) is 26.8 Å². The maximum Gasteiger partial charge on any atom is 0.254 e. The Balaban J connectivity index is 1.81. The van der Waals surface area contributed by atoms with E-state index in [0.717, 1.165) is 16.0 Å². The highest BCUT2D eigenvalue weighted by molar-refractivity contribution is 7.11. The normalized spacial score (nSPS) is 10.7. The van der Waals surface area contributed by atoms with Crippen LogP contribution in [0.3, 0.4) is 0 Å². The summed E-state index contributed by atoms with van der Waals surface area (Å²) in [5.74, 6) is -0.238. The Bertz CT molecular complexity index is 1030. The number of hydrogen-bond donors (Lipinski definition) is 0. The summed E-state index contributed by atoms with van der Waals surface area (Å²) in [6.45, 7) is 5.71. The van der Waals surface area contributed by atoms with E-state index in [9.17, 15) is 9.59 Å². The molecule has 0 atom stereocenters. The lowest BCUT2D eigenvalue weighted by atomic mass is 10.1. The van der Waals surface area contributed by atoms with Gasteiger partial charge in [-0.3, -0.25) is 9.59 Å². The molecular formula is C26H30N2O3S. The van der Waals surface area contributed by atoms with Crippen molar-refractivity contribution in [3.63, 3.8) is 0 Å². The van der Waals surface area contributed by atoms with E-state index in [-0.39, 0.29) is 18.4 Å². The molecule has 0 bridgehead atoms. The number of carbonyl (C=O) groups is 2. The van der Waals surface area contributed by atoms with Crippen molar-refractivity contribution >= 4 is 23.2 Å². The monoisotopic (exact) mass is 450 g/mol. The SMILES string of the molecule is COCCN(CC(=O)N(Cc1ccccc1)Cc1ccc(C)s1)C(=O)c1ccccc1C. The van der Waals surface area contributed by atoms with Crippen molar-refractivity contribution in [3.8, 4) is 0 Å². The molecule has 32 heavy (non-hydrogen) atoms. The zero-order valence-electron chi connectivity index (χ0n) is 18.9. The van der Waals surface area contributed by atoms with E-state index < -0.39 is 0 Å². The van der Waals surface area contributed by atoms with E-state index in [1.165, 1.54) is 4.88 Å². The third-order valence-electron chi connectivity index (χ3n) is 5.27. The standard InChI is InChI=1S/C26H30N2O3S/c1-20-9-7-8-12-24(20)26(30)27(15-16-31-3)19-25(29)28(17-22-10-5-4-6-11-22)18-23-14-13-21(2)32-23/h4-14H,15-19H2,1-3H3. The van der Waals surface area contributed by atoms with Gasteiger partial charge in [0.25, 0.3) is 5.91 Å². The summed E-state index contributed by atoms with van der Waals surface area (Å²) in [7, 11) is 1.60. The zero-order valence-corrected chi connectivity index (χ0v) is 19.7. The molecule has 0 radical (unpaired) electrons. The minimum Gasteiger partial charge on any atom is -0.383 e. The average Bonchev–Trinajstić information content (AvgIpc) is 3.21. The van der Waals surface area contributed by atoms with Gasteiger partial charge in [-0.25, -0.2) is 0 Å². The molecule has 5 nitrogen and oxygen atoms in total. The van der Waals surface area contributed by atoms with Crippen molar-refractivity contribution in [3.05, 3.63) is 93.2 Å². The van der Waals surface area contributed by atoms with Gasteiger partial charge in [-0.05, 0) is 43.2 Å². The molecule has 0 saturated carbocycles. The second kappa shape index (κ2) is 11.6. The summed E-state index contributed by atoms with van der Waals surface area (Å²) in [5.41, 5.74) is 2.56. The van der Waals surface area contributed by atoms with Crippen LogP contribution in [0, 0.1) is 13.8 Å². The molecule has 168 valence electrons. The molecule has 0 spiro atoms. The summed E-state index contributed by atoms with van der Waals surface area (Å²) < 4.78 is 5.21. The van der Waals surface area contributed by atoms with Crippen LogP contribution in [-0.2, 0) is 22.6 Å². The largest absolute Gasteiger partial charge is 0.383 e. The fourth-order valence-corrected chi connectivity index (χ4v) is 4.40. The van der Waals surface area contributed by atoms with Gasteiger partial charge in [0.05, 0.1) is 13.2 Å². The smallest absolute Gasteiger partial charge is 0.254 e. The average molecular weight is 451 g/mol. The van der Waals surface area contributed by atoms with Crippen molar-refractivity contribution in [1.82, 2.24) is 9.80 Å². The predicted octanol–water partition coefficient (Wildman–Crippen LogP) is 4.68. The molecule has 0 N–H and O–H groups in total. The number of nitrogens with zero attached hydrogens (tertiary/aromatic N) is 2. The number of amides is 2. The molecule has 3 aromatic rings. The summed E-state index contributed by atoms with van der Waals surface area (Å²) in [5, 5.41) is 0. The van der Waals surface area contributed by atoms with E-state index in [1.807, 2.05) is 60.4 Å². The molecule has 2 aromatic carbocycles. The maximum absolute atomic E-state index is 13.4. The van der Waals surface area contributed by atoms with Crippen LogP contribution in [0.2, 0.25) is 0 Å². The number of rotatable bonds is 10. The molecule has 3 rings (SSSR count). The predicted molar refractivity (Wildman–Crippen MR) is 129 cm³/mol. The van der Waals surface area contributed by atoms with Crippen molar-refractivity contribution in [2.45, 2.75) is 26.9 Å². The van der Waals surface area contributed by atoms with Crippen LogP contribution in [0.25, 0.3) is 0 Å². The van der Waals surface area contributed by atoms with Crippen LogP contribution in [0.4, 0.5) is 0 Å². The van der Waals surface area contributed by atoms with E-state index in [0.29, 0.717) is 31.8 Å². The Morgan fingerprint density at radius 1 is 0.875 bits per heavy atom. The van der Waals surface area contributed by atoms with Gasteiger partial charge in [0, 0.05) is 35.5 Å². The number of methoxy groups -OCH3 is 1. The minimum atomic E-state index is -0.153. The Labute approximate surface area is 194 Å². The van der Waals surface area contributed by atoms with E-state index >= 15 is 0 Å². The molecule has 0 aliphatic carbocycles. The molecule has 0 fully saturated rings. The summed E-state index contributed by atoms with van der Waals surface area (Å²) >= 11 is 1.69. The number of hydrogen-bond acceptors (Lipinski definition) is 4. The summed E-state index contributed by atoms with van der Waals surface area (Å²) in [4.78, 5) is 32.5. The first kappa shape index (κ1) is 23.7. The van der Waals surface area contributed by atoms with E-state index in [4.69, 9.17) is 4.74 Å². The fraction of sp³-hybridized carbons (Fsp3) is 0.308. The number of carbonyl (C=O) groups excluding carboxylic acids is 2. The zero-order chi connectivity index (χ0) is 22.9. The second-order valence-corrected chi connectivity index (χ2v) is 9.15. The van der Waals surface area contributed by atoms with Crippen molar-refractivity contribution < 1.29 is 14.3 Å². The van der Waals surface area contributed by atoms with Gasteiger partial charge in [-0.2, -0.15) is 0 Å². The highest BCUT2D eigenvalue weighted by Crippen LogP contribution is 2.19. The maximum atomic E-state index is 13.4. The number of benzene rings is 2. The van der Waals surface area contributed by atoms with Gasteiger partial charge in [0.2, 0.25) is 5.91 Å². The first-order valence-electron chi connectivity index (χ1n) is 10.7. The molecule has 2 amide bonds. The molecule has 1 aromatic heterocycles. The highest BCUT2D eigenvalue weighted by Gasteiger charge is 2.23. The van der Waals surface area contributed by atoms with Crippen LogP contribution in [0.1, 0.15) is 31.2 Å². The minimum absolute atomic E-state index is 0.00766.